The van der Waals surface area contributed by atoms with E-state index in [9.17, 15) is 10.1 Å². The number of rotatable bonds is 4. The number of hydrogen-bond acceptors (Lipinski definition) is 2. The van der Waals surface area contributed by atoms with Gasteiger partial charge < -0.3 is 0 Å². The Labute approximate surface area is 110 Å². The summed E-state index contributed by atoms with van der Waals surface area (Å²) in [4.78, 5) is 12.3. The summed E-state index contributed by atoms with van der Waals surface area (Å²) < 4.78 is 0. The van der Waals surface area contributed by atoms with Crippen molar-refractivity contribution in [1.29, 1.82) is 5.26 Å². The summed E-state index contributed by atoms with van der Waals surface area (Å²) in [5.74, 6) is -0.416. The molecule has 2 unspecified atom stereocenters. The lowest BCUT2D eigenvalue weighted by Gasteiger charge is -2.25. The monoisotopic (exact) mass is 243 g/mol. The van der Waals surface area contributed by atoms with Gasteiger partial charge in [0, 0.05) is 11.5 Å². The number of carbonyl (C=O) groups is 1. The first-order chi connectivity index (χ1) is 8.35. The first-order valence-electron chi connectivity index (χ1n) is 6.34. The Morgan fingerprint density at radius 1 is 1.28 bits per heavy atom. The summed E-state index contributed by atoms with van der Waals surface area (Å²) in [7, 11) is 0. The highest BCUT2D eigenvalue weighted by Gasteiger charge is 2.28. The van der Waals surface area contributed by atoms with E-state index in [1.54, 1.807) is 0 Å². The lowest BCUT2D eigenvalue weighted by atomic mass is 9.77. The predicted molar refractivity (Wildman–Crippen MR) is 73.1 cm³/mol. The van der Waals surface area contributed by atoms with E-state index in [0.717, 1.165) is 6.42 Å². The van der Waals surface area contributed by atoms with E-state index >= 15 is 0 Å². The Bertz CT molecular complexity index is 436. The van der Waals surface area contributed by atoms with Crippen LogP contribution in [-0.4, -0.2) is 5.78 Å². The van der Waals surface area contributed by atoms with Gasteiger partial charge in [-0.2, -0.15) is 5.26 Å². The third-order valence-electron chi connectivity index (χ3n) is 3.07. The van der Waals surface area contributed by atoms with Crippen LogP contribution in [-0.2, 0) is 0 Å². The number of hydrogen-bond donors (Lipinski definition) is 0. The van der Waals surface area contributed by atoms with Crippen LogP contribution in [0.5, 0.6) is 0 Å². The predicted octanol–water partition coefficient (Wildman–Crippen LogP) is 4.08. The van der Waals surface area contributed by atoms with Crippen LogP contribution in [0.2, 0.25) is 0 Å². The Balaban J connectivity index is 2.83. The summed E-state index contributed by atoms with van der Waals surface area (Å²) in [6.45, 7) is 8.14. The number of carbonyl (C=O) groups excluding carboxylic acids is 1. The summed E-state index contributed by atoms with van der Waals surface area (Å²) in [6, 6.07) is 11.5. The third-order valence-corrected chi connectivity index (χ3v) is 3.07. The second-order valence-corrected chi connectivity index (χ2v) is 6.02. The smallest absolute Gasteiger partial charge is 0.166 e. The topological polar surface area (TPSA) is 40.9 Å². The fraction of sp³-hybridized carbons (Fsp3) is 0.500. The van der Waals surface area contributed by atoms with Crippen molar-refractivity contribution >= 4 is 5.78 Å². The zero-order valence-corrected chi connectivity index (χ0v) is 11.6. The normalized spacial score (nSPS) is 14.6. The van der Waals surface area contributed by atoms with Gasteiger partial charge in [-0.05, 0) is 11.8 Å². The lowest BCUT2D eigenvalue weighted by Crippen LogP contribution is -2.24. The molecule has 0 aliphatic carbocycles. The second-order valence-electron chi connectivity index (χ2n) is 6.02. The standard InChI is InChI=1S/C16H21NO/c1-12(14(11-17)10-16(2,3)4)15(18)13-8-6-5-7-9-13/h5-9,12,14H,10H2,1-4H3. The Morgan fingerprint density at radius 3 is 2.28 bits per heavy atom. The molecule has 0 saturated carbocycles. The van der Waals surface area contributed by atoms with E-state index in [1.165, 1.54) is 0 Å². The van der Waals surface area contributed by atoms with Crippen molar-refractivity contribution in [3.63, 3.8) is 0 Å². The molecule has 2 heteroatoms. The fourth-order valence-corrected chi connectivity index (χ4v) is 2.04. The first-order valence-corrected chi connectivity index (χ1v) is 6.34. The number of nitriles is 1. The fourth-order valence-electron chi connectivity index (χ4n) is 2.04. The summed E-state index contributed by atoms with van der Waals surface area (Å²) in [6.07, 6.45) is 0.739. The van der Waals surface area contributed by atoms with Crippen molar-refractivity contribution in [2.45, 2.75) is 34.1 Å². The maximum atomic E-state index is 12.3. The molecule has 0 aliphatic heterocycles. The molecule has 0 fully saturated rings. The van der Waals surface area contributed by atoms with E-state index in [-0.39, 0.29) is 23.0 Å². The molecule has 2 nitrogen and oxygen atoms in total. The van der Waals surface area contributed by atoms with Crippen molar-refractivity contribution in [2.24, 2.45) is 17.3 Å². The molecule has 0 saturated heterocycles. The van der Waals surface area contributed by atoms with Crippen LogP contribution in [0.3, 0.4) is 0 Å². The maximum Gasteiger partial charge on any atom is 0.166 e. The second kappa shape index (κ2) is 5.82. The molecule has 0 radical (unpaired) electrons. The highest BCUT2D eigenvalue weighted by atomic mass is 16.1. The zero-order valence-electron chi connectivity index (χ0n) is 11.6. The molecule has 0 amide bonds. The van der Waals surface area contributed by atoms with Gasteiger partial charge in [-0.3, -0.25) is 4.79 Å². The van der Waals surface area contributed by atoms with Crippen LogP contribution in [0.15, 0.2) is 30.3 Å². The molecule has 0 aromatic heterocycles. The molecule has 0 aliphatic rings. The van der Waals surface area contributed by atoms with Gasteiger partial charge in [0.1, 0.15) is 0 Å². The number of benzene rings is 1. The molecule has 96 valence electrons. The Morgan fingerprint density at radius 2 is 1.83 bits per heavy atom. The average molecular weight is 243 g/mol. The maximum absolute atomic E-state index is 12.3. The largest absolute Gasteiger partial charge is 0.294 e. The summed E-state index contributed by atoms with van der Waals surface area (Å²) >= 11 is 0. The van der Waals surface area contributed by atoms with Crippen molar-refractivity contribution in [2.75, 3.05) is 0 Å². The van der Waals surface area contributed by atoms with Gasteiger partial charge in [0.05, 0.1) is 12.0 Å². The van der Waals surface area contributed by atoms with Gasteiger partial charge in [-0.25, -0.2) is 0 Å². The molecule has 0 N–H and O–H groups in total. The lowest BCUT2D eigenvalue weighted by molar-refractivity contribution is 0.0889. The minimum absolute atomic E-state index is 0.0611. The van der Waals surface area contributed by atoms with Crippen molar-refractivity contribution in [1.82, 2.24) is 0 Å². The highest BCUT2D eigenvalue weighted by Crippen LogP contribution is 2.30. The molecule has 0 spiro atoms. The van der Waals surface area contributed by atoms with Gasteiger partial charge in [0.25, 0.3) is 0 Å². The quantitative estimate of drug-likeness (QED) is 0.747. The van der Waals surface area contributed by atoms with E-state index in [2.05, 4.69) is 26.8 Å². The Kier molecular flexibility index (Phi) is 4.67. The van der Waals surface area contributed by atoms with E-state index in [0.29, 0.717) is 5.56 Å². The number of Topliss-reactive ketones (excluding diaryl/α,β-unsaturated/α-hetero) is 1. The Hall–Kier alpha value is -1.62. The van der Waals surface area contributed by atoms with Gasteiger partial charge in [-0.1, -0.05) is 58.0 Å². The van der Waals surface area contributed by atoms with Crippen molar-refractivity contribution in [3.8, 4) is 6.07 Å². The van der Waals surface area contributed by atoms with Crippen LogP contribution in [0.25, 0.3) is 0 Å². The SMILES string of the molecule is CC(C(=O)c1ccccc1)C(C#N)CC(C)(C)C. The van der Waals surface area contributed by atoms with Gasteiger partial charge in [-0.15, -0.1) is 0 Å². The molecular formula is C16H21NO. The first kappa shape index (κ1) is 14.4. The van der Waals surface area contributed by atoms with Crippen LogP contribution >= 0.6 is 0 Å². The minimum atomic E-state index is -0.253. The zero-order chi connectivity index (χ0) is 13.8. The molecule has 1 aromatic rings. The van der Waals surface area contributed by atoms with E-state index < -0.39 is 0 Å². The molecular weight excluding hydrogens is 222 g/mol. The highest BCUT2D eigenvalue weighted by molar-refractivity contribution is 5.97. The van der Waals surface area contributed by atoms with Crippen molar-refractivity contribution in [3.05, 3.63) is 35.9 Å². The molecule has 1 aromatic carbocycles. The summed E-state index contributed by atoms with van der Waals surface area (Å²) in [5, 5.41) is 9.25. The van der Waals surface area contributed by atoms with E-state index in [1.807, 2.05) is 37.3 Å². The van der Waals surface area contributed by atoms with E-state index in [4.69, 9.17) is 0 Å². The van der Waals surface area contributed by atoms with Gasteiger partial charge in [0.2, 0.25) is 0 Å². The summed E-state index contributed by atoms with van der Waals surface area (Å²) in [5.41, 5.74) is 0.755. The van der Waals surface area contributed by atoms with Crippen LogP contribution < -0.4 is 0 Å². The average Bonchev–Trinajstić information content (AvgIpc) is 2.34. The van der Waals surface area contributed by atoms with Crippen molar-refractivity contribution < 1.29 is 4.79 Å². The van der Waals surface area contributed by atoms with Crippen LogP contribution in [0.1, 0.15) is 44.5 Å². The molecule has 18 heavy (non-hydrogen) atoms. The molecule has 2 atom stereocenters. The molecule has 0 heterocycles. The van der Waals surface area contributed by atoms with Gasteiger partial charge >= 0.3 is 0 Å². The van der Waals surface area contributed by atoms with Gasteiger partial charge in [0.15, 0.2) is 5.78 Å². The number of nitrogens with zero attached hydrogens (tertiary/aromatic N) is 1. The number of ketones is 1. The minimum Gasteiger partial charge on any atom is -0.294 e. The molecule has 0 bridgehead atoms. The van der Waals surface area contributed by atoms with Crippen LogP contribution in [0.4, 0.5) is 0 Å². The van der Waals surface area contributed by atoms with Crippen LogP contribution in [0, 0.1) is 28.6 Å². The molecule has 1 rings (SSSR count). The third kappa shape index (κ3) is 4.00.